The molecule has 0 aliphatic rings. The molecule has 0 saturated carbocycles. The van der Waals surface area contributed by atoms with Crippen LogP contribution in [0.3, 0.4) is 0 Å². The highest BCUT2D eigenvalue weighted by molar-refractivity contribution is 5.78. The van der Waals surface area contributed by atoms with Crippen molar-refractivity contribution in [2.75, 3.05) is 0 Å². The van der Waals surface area contributed by atoms with Gasteiger partial charge in [0.25, 0.3) is 5.56 Å². The topological polar surface area (TPSA) is 73.2 Å². The first-order valence-electron chi connectivity index (χ1n) is 8.33. The molecule has 1 heterocycles. The second kappa shape index (κ2) is 7.71. The Bertz CT molecular complexity index is 1050. The fraction of sp³-hybridized carbons (Fsp3) is 0.211. The van der Waals surface area contributed by atoms with E-state index >= 15 is 0 Å². The minimum atomic E-state index is -4.76. The Kier molecular flexibility index (Phi) is 5.34. The summed E-state index contributed by atoms with van der Waals surface area (Å²) in [5, 5.41) is 7.53. The lowest BCUT2D eigenvalue weighted by molar-refractivity contribution is -0.274. The van der Waals surface area contributed by atoms with Crippen LogP contribution in [-0.2, 0) is 11.3 Å². The average Bonchev–Trinajstić information content (AvgIpc) is 2.61. The van der Waals surface area contributed by atoms with Crippen molar-refractivity contribution >= 4 is 16.8 Å². The number of halogens is 3. The maximum absolute atomic E-state index is 12.3. The summed E-state index contributed by atoms with van der Waals surface area (Å²) in [7, 11) is 0. The summed E-state index contributed by atoms with van der Waals surface area (Å²) in [6, 6.07) is 13.1. The van der Waals surface area contributed by atoms with Gasteiger partial charge in [0.2, 0.25) is 5.91 Å². The molecule has 0 radical (unpaired) electrons. The second-order valence-electron chi connectivity index (χ2n) is 6.11. The first-order chi connectivity index (χ1) is 13.2. The van der Waals surface area contributed by atoms with Crippen molar-refractivity contribution in [3.8, 4) is 5.75 Å². The van der Waals surface area contributed by atoms with Gasteiger partial charge in [-0.1, -0.05) is 30.3 Å². The summed E-state index contributed by atoms with van der Waals surface area (Å²) >= 11 is 0. The first-order valence-corrected chi connectivity index (χ1v) is 8.33. The van der Waals surface area contributed by atoms with Crippen LogP contribution in [0.2, 0.25) is 0 Å². The van der Waals surface area contributed by atoms with E-state index in [1.807, 2.05) is 0 Å². The highest BCUT2D eigenvalue weighted by Gasteiger charge is 2.31. The van der Waals surface area contributed by atoms with Gasteiger partial charge in [0.1, 0.15) is 12.3 Å². The lowest BCUT2D eigenvalue weighted by Crippen LogP contribution is -2.34. The molecule has 3 aromatic rings. The van der Waals surface area contributed by atoms with Crippen molar-refractivity contribution in [2.45, 2.75) is 25.9 Å². The molecule has 2 aromatic carbocycles. The molecule has 6 nitrogen and oxygen atoms in total. The Hall–Kier alpha value is -3.36. The molecule has 0 saturated heterocycles. The zero-order valence-corrected chi connectivity index (χ0v) is 14.7. The number of hydrogen-bond donors (Lipinski definition) is 1. The van der Waals surface area contributed by atoms with Crippen LogP contribution >= 0.6 is 0 Å². The van der Waals surface area contributed by atoms with Crippen LogP contribution in [0.25, 0.3) is 10.9 Å². The van der Waals surface area contributed by atoms with Crippen molar-refractivity contribution in [2.24, 2.45) is 0 Å². The molecule has 146 valence electrons. The van der Waals surface area contributed by atoms with Gasteiger partial charge in [-0.15, -0.1) is 13.2 Å². The lowest BCUT2D eigenvalue weighted by atomic mass is 10.1. The molecular weight excluding hydrogens is 375 g/mol. The van der Waals surface area contributed by atoms with Crippen LogP contribution in [0.4, 0.5) is 13.2 Å². The molecule has 0 aliphatic carbocycles. The number of carbonyl (C=O) groups is 1. The van der Waals surface area contributed by atoms with Crippen molar-refractivity contribution in [1.29, 1.82) is 0 Å². The van der Waals surface area contributed by atoms with Gasteiger partial charge in [0, 0.05) is 11.5 Å². The molecular formula is C19H16F3N3O3. The van der Waals surface area contributed by atoms with Crippen molar-refractivity contribution < 1.29 is 22.7 Å². The van der Waals surface area contributed by atoms with E-state index in [0.717, 1.165) is 4.68 Å². The molecule has 0 bridgehead atoms. The summed E-state index contributed by atoms with van der Waals surface area (Å²) in [6.45, 7) is 1.40. The monoisotopic (exact) mass is 391 g/mol. The van der Waals surface area contributed by atoms with Crippen LogP contribution in [0.1, 0.15) is 18.5 Å². The Morgan fingerprint density at radius 1 is 1.18 bits per heavy atom. The summed E-state index contributed by atoms with van der Waals surface area (Å²) in [4.78, 5) is 24.3. The molecule has 1 amide bonds. The fourth-order valence-corrected chi connectivity index (χ4v) is 2.67. The quantitative estimate of drug-likeness (QED) is 0.725. The number of aromatic nitrogens is 2. The highest BCUT2D eigenvalue weighted by Crippen LogP contribution is 2.24. The van der Waals surface area contributed by atoms with Gasteiger partial charge in [-0.2, -0.15) is 5.10 Å². The van der Waals surface area contributed by atoms with Crippen LogP contribution in [0, 0.1) is 0 Å². The van der Waals surface area contributed by atoms with Gasteiger partial charge >= 0.3 is 6.36 Å². The molecule has 0 fully saturated rings. The summed E-state index contributed by atoms with van der Waals surface area (Å²) in [5.41, 5.74) is 0.764. The molecule has 9 heteroatoms. The number of nitrogens with one attached hydrogen (secondary N) is 1. The maximum Gasteiger partial charge on any atom is 0.573 e. The van der Waals surface area contributed by atoms with E-state index < -0.39 is 23.9 Å². The predicted molar refractivity (Wildman–Crippen MR) is 95.7 cm³/mol. The number of ether oxygens (including phenoxy) is 1. The number of fused-ring (bicyclic) bond motifs is 1. The van der Waals surface area contributed by atoms with Crippen LogP contribution in [0.15, 0.2) is 59.4 Å². The zero-order valence-electron chi connectivity index (χ0n) is 14.7. The van der Waals surface area contributed by atoms with Gasteiger partial charge in [0.15, 0.2) is 0 Å². The summed E-state index contributed by atoms with van der Waals surface area (Å²) in [5.74, 6) is -0.797. The van der Waals surface area contributed by atoms with Gasteiger partial charge in [-0.05, 0) is 30.7 Å². The number of rotatable bonds is 5. The van der Waals surface area contributed by atoms with E-state index in [1.54, 1.807) is 31.2 Å². The summed E-state index contributed by atoms with van der Waals surface area (Å²) < 4.78 is 41.5. The van der Waals surface area contributed by atoms with E-state index in [-0.39, 0.29) is 12.3 Å². The minimum absolute atomic E-state index is 0.275. The SMILES string of the molecule is CC(NC(=O)Cn1nc2ccccc2cc1=O)c1ccc(OC(F)(F)F)cc1. The third-order valence-corrected chi connectivity index (χ3v) is 3.98. The predicted octanol–water partition coefficient (Wildman–Crippen LogP) is 3.17. The molecule has 3 rings (SSSR count). The van der Waals surface area contributed by atoms with Crippen molar-refractivity contribution in [3.05, 3.63) is 70.5 Å². The Morgan fingerprint density at radius 2 is 1.86 bits per heavy atom. The van der Waals surface area contributed by atoms with Crippen LogP contribution in [0.5, 0.6) is 5.75 Å². The normalized spacial score (nSPS) is 12.6. The Labute approximate surface area is 157 Å². The molecule has 1 atom stereocenters. The third kappa shape index (κ3) is 4.87. The van der Waals surface area contributed by atoms with Gasteiger partial charge < -0.3 is 10.1 Å². The number of carbonyl (C=O) groups excluding carboxylic acids is 1. The maximum atomic E-state index is 12.3. The molecule has 1 aromatic heterocycles. The minimum Gasteiger partial charge on any atom is -0.406 e. The average molecular weight is 391 g/mol. The van der Waals surface area contributed by atoms with E-state index in [0.29, 0.717) is 16.5 Å². The zero-order chi connectivity index (χ0) is 20.3. The fourth-order valence-electron chi connectivity index (χ4n) is 2.67. The third-order valence-electron chi connectivity index (χ3n) is 3.98. The smallest absolute Gasteiger partial charge is 0.406 e. The standard InChI is InChI=1S/C19H16F3N3O3/c1-12(13-6-8-15(9-7-13)28-19(20,21)22)23-17(26)11-25-18(27)10-14-4-2-3-5-16(14)24-25/h2-10,12H,11H2,1H3,(H,23,26). The second-order valence-corrected chi connectivity index (χ2v) is 6.11. The van der Waals surface area contributed by atoms with Gasteiger partial charge in [-0.3, -0.25) is 9.59 Å². The number of nitrogens with zero attached hydrogens (tertiary/aromatic N) is 2. The van der Waals surface area contributed by atoms with Crippen LogP contribution in [-0.4, -0.2) is 22.1 Å². The number of hydrogen-bond acceptors (Lipinski definition) is 4. The number of alkyl halides is 3. The van der Waals surface area contributed by atoms with Crippen molar-refractivity contribution in [3.63, 3.8) is 0 Å². The van der Waals surface area contributed by atoms with Gasteiger partial charge in [-0.25, -0.2) is 4.68 Å². The Balaban J connectivity index is 1.66. The molecule has 0 spiro atoms. The molecule has 0 aliphatic heterocycles. The van der Waals surface area contributed by atoms with Crippen molar-refractivity contribution in [1.82, 2.24) is 15.1 Å². The number of benzene rings is 2. The van der Waals surface area contributed by atoms with E-state index in [4.69, 9.17) is 0 Å². The van der Waals surface area contributed by atoms with E-state index in [1.165, 1.54) is 30.3 Å². The Morgan fingerprint density at radius 3 is 2.54 bits per heavy atom. The first kappa shape index (κ1) is 19.4. The molecule has 1 N–H and O–H groups in total. The van der Waals surface area contributed by atoms with Gasteiger partial charge in [0.05, 0.1) is 11.6 Å². The molecule has 1 unspecified atom stereocenters. The number of amides is 1. The lowest BCUT2D eigenvalue weighted by Gasteiger charge is -2.16. The van der Waals surface area contributed by atoms with Crippen LogP contribution < -0.4 is 15.6 Å². The van der Waals surface area contributed by atoms with E-state index in [9.17, 15) is 22.8 Å². The summed E-state index contributed by atoms with van der Waals surface area (Å²) in [6.07, 6.45) is -4.76. The molecule has 28 heavy (non-hydrogen) atoms. The van der Waals surface area contributed by atoms with E-state index in [2.05, 4.69) is 15.2 Å². The highest BCUT2D eigenvalue weighted by atomic mass is 19.4. The largest absolute Gasteiger partial charge is 0.573 e.